The first-order valence-electron chi connectivity index (χ1n) is 13.7. The van der Waals surface area contributed by atoms with Crippen molar-refractivity contribution < 1.29 is 9.59 Å². The molecular formula is C28H46N4O2S. The van der Waals surface area contributed by atoms with Crippen LogP contribution in [0.5, 0.6) is 0 Å². The average molecular weight is 503 g/mol. The van der Waals surface area contributed by atoms with Gasteiger partial charge < -0.3 is 15.1 Å². The van der Waals surface area contributed by atoms with Crippen LogP contribution >= 0.6 is 12.2 Å². The molecule has 0 radical (unpaired) electrons. The summed E-state index contributed by atoms with van der Waals surface area (Å²) in [5.74, 6) is 2.20. The second kappa shape index (κ2) is 10.1. The van der Waals surface area contributed by atoms with E-state index in [0.717, 1.165) is 51.6 Å². The summed E-state index contributed by atoms with van der Waals surface area (Å²) in [6.07, 6.45) is 11.5. The second-order valence-corrected chi connectivity index (χ2v) is 12.7. The number of hydrogen-bond donors (Lipinski definition) is 1. The fourth-order valence-corrected chi connectivity index (χ4v) is 8.76. The molecule has 0 saturated heterocycles. The van der Waals surface area contributed by atoms with Crippen molar-refractivity contribution in [2.24, 2.45) is 34.5 Å². The Hall–Kier alpha value is -1.47. The molecule has 0 aromatic carbocycles. The quantitative estimate of drug-likeness (QED) is 0.558. The van der Waals surface area contributed by atoms with Gasteiger partial charge in [0.15, 0.2) is 5.11 Å². The number of hydrogen-bond acceptors (Lipinski definition) is 4. The van der Waals surface area contributed by atoms with Gasteiger partial charge in [-0.3, -0.25) is 14.5 Å². The maximum Gasteiger partial charge on any atom is 0.246 e. The molecule has 4 aliphatic rings. The summed E-state index contributed by atoms with van der Waals surface area (Å²) in [5.41, 5.74) is 0.0724. The Kier molecular flexibility index (Phi) is 7.69. The molecule has 1 heterocycles. The molecule has 6 nitrogen and oxygen atoms in total. The van der Waals surface area contributed by atoms with Crippen LogP contribution in [0.3, 0.4) is 0 Å². The normalized spacial score (nSPS) is 38.1. The van der Waals surface area contributed by atoms with Gasteiger partial charge in [-0.15, -0.1) is 0 Å². The minimum atomic E-state index is 0.0309. The molecule has 35 heavy (non-hydrogen) atoms. The van der Waals surface area contributed by atoms with Gasteiger partial charge in [-0.2, -0.15) is 0 Å². The van der Waals surface area contributed by atoms with Gasteiger partial charge in [0.2, 0.25) is 11.8 Å². The largest absolute Gasteiger partial charge is 0.362 e. The highest BCUT2D eigenvalue weighted by molar-refractivity contribution is 7.80. The van der Waals surface area contributed by atoms with Crippen molar-refractivity contribution in [3.8, 4) is 0 Å². The zero-order valence-electron chi connectivity index (χ0n) is 22.7. The van der Waals surface area contributed by atoms with E-state index in [2.05, 4.69) is 44.2 Å². The molecule has 1 aliphatic heterocycles. The summed E-state index contributed by atoms with van der Waals surface area (Å²) < 4.78 is 0. The molecule has 0 bridgehead atoms. The number of carbonyl (C=O) groups is 2. The molecule has 7 heteroatoms. The monoisotopic (exact) mass is 502 g/mol. The van der Waals surface area contributed by atoms with Gasteiger partial charge in [-0.25, -0.2) is 0 Å². The minimum Gasteiger partial charge on any atom is -0.362 e. The fourth-order valence-electron chi connectivity index (χ4n) is 8.44. The molecule has 0 aromatic heterocycles. The van der Waals surface area contributed by atoms with Crippen LogP contribution in [0.2, 0.25) is 0 Å². The van der Waals surface area contributed by atoms with Crippen molar-refractivity contribution in [1.82, 2.24) is 20.0 Å². The third-order valence-electron chi connectivity index (χ3n) is 10.3. The summed E-state index contributed by atoms with van der Waals surface area (Å²) in [7, 11) is 6.12. The summed E-state index contributed by atoms with van der Waals surface area (Å²) in [5, 5.41) is 3.83. The first-order valence-corrected chi connectivity index (χ1v) is 14.1. The number of carbonyl (C=O) groups excluding carboxylic acids is 2. The van der Waals surface area contributed by atoms with E-state index in [1.165, 1.54) is 6.42 Å². The average Bonchev–Trinajstić information content (AvgIpc) is 3.16. The molecule has 3 aliphatic carbocycles. The van der Waals surface area contributed by atoms with Crippen LogP contribution in [0.1, 0.15) is 65.7 Å². The first kappa shape index (κ1) is 26.6. The van der Waals surface area contributed by atoms with Crippen LogP contribution in [-0.4, -0.2) is 78.4 Å². The van der Waals surface area contributed by atoms with E-state index >= 15 is 0 Å². The Bertz CT molecular complexity index is 875. The first-order chi connectivity index (χ1) is 16.5. The standard InChI is InChI=1S/C28H46N4O2S/c1-7-29-26(35)32(18-8-17-30(4)5)25(34)22-11-10-20-19-9-12-23-28(3,16-14-24(33)31(23)6)21(19)13-15-27(20,22)2/h14,16,19-23H,7-13,15,17-18H2,1-6H3,(H,29,35)/t19-,20-,21+,22?,23?,27-,28+/m0/s1. The Morgan fingerprint density at radius 3 is 2.57 bits per heavy atom. The predicted molar refractivity (Wildman–Crippen MR) is 145 cm³/mol. The molecule has 1 N–H and O–H groups in total. The molecule has 3 fully saturated rings. The molecular weight excluding hydrogens is 456 g/mol. The molecule has 7 atom stereocenters. The highest BCUT2D eigenvalue weighted by Crippen LogP contribution is 2.65. The molecule has 3 saturated carbocycles. The van der Waals surface area contributed by atoms with Gasteiger partial charge in [0.25, 0.3) is 0 Å². The van der Waals surface area contributed by atoms with E-state index in [4.69, 9.17) is 12.2 Å². The topological polar surface area (TPSA) is 55.9 Å². The van der Waals surface area contributed by atoms with E-state index in [1.54, 1.807) is 6.08 Å². The van der Waals surface area contributed by atoms with Crippen LogP contribution < -0.4 is 5.32 Å². The Morgan fingerprint density at radius 2 is 1.89 bits per heavy atom. The van der Waals surface area contributed by atoms with Crippen LogP contribution in [0.4, 0.5) is 0 Å². The lowest BCUT2D eigenvalue weighted by molar-refractivity contribution is -0.145. The Morgan fingerprint density at radius 1 is 1.14 bits per heavy atom. The third kappa shape index (κ3) is 4.56. The SMILES string of the molecule is CCNC(=S)N(CCCN(C)C)C(=O)C1CC[C@H]2[C@@H]3CCC4N(C)C(=O)C=C[C@]4(C)[C@@H]3CC[C@]12C. The van der Waals surface area contributed by atoms with Gasteiger partial charge in [0.1, 0.15) is 0 Å². The van der Waals surface area contributed by atoms with Gasteiger partial charge in [0.05, 0.1) is 0 Å². The Labute approximate surface area is 217 Å². The second-order valence-electron chi connectivity index (χ2n) is 12.3. The predicted octanol–water partition coefficient (Wildman–Crippen LogP) is 3.92. The lowest BCUT2D eigenvalue weighted by atomic mass is 9.47. The van der Waals surface area contributed by atoms with Gasteiger partial charge in [0, 0.05) is 37.5 Å². The van der Waals surface area contributed by atoms with Crippen molar-refractivity contribution in [3.05, 3.63) is 12.2 Å². The van der Waals surface area contributed by atoms with Gasteiger partial charge >= 0.3 is 0 Å². The van der Waals surface area contributed by atoms with Crippen LogP contribution in [-0.2, 0) is 9.59 Å². The number of nitrogens with one attached hydrogen (secondary N) is 1. The lowest BCUT2D eigenvalue weighted by Crippen LogP contribution is -2.60. The summed E-state index contributed by atoms with van der Waals surface area (Å²) >= 11 is 5.68. The van der Waals surface area contributed by atoms with E-state index in [9.17, 15) is 9.59 Å². The summed E-state index contributed by atoms with van der Waals surface area (Å²) in [6.45, 7) is 9.17. The third-order valence-corrected chi connectivity index (χ3v) is 10.6. The van der Waals surface area contributed by atoms with Crippen molar-refractivity contribution in [2.75, 3.05) is 40.8 Å². The molecule has 2 unspecified atom stereocenters. The zero-order chi connectivity index (χ0) is 25.5. The van der Waals surface area contributed by atoms with E-state index in [0.29, 0.717) is 35.5 Å². The van der Waals surface area contributed by atoms with Crippen LogP contribution in [0, 0.1) is 34.5 Å². The van der Waals surface area contributed by atoms with E-state index in [-0.39, 0.29) is 28.6 Å². The van der Waals surface area contributed by atoms with Gasteiger partial charge in [-0.1, -0.05) is 19.9 Å². The van der Waals surface area contributed by atoms with Crippen LogP contribution in [0.15, 0.2) is 12.2 Å². The maximum atomic E-state index is 14.1. The molecule has 0 spiro atoms. The highest BCUT2D eigenvalue weighted by atomic mass is 32.1. The number of fused-ring (bicyclic) bond motifs is 5. The number of amides is 2. The smallest absolute Gasteiger partial charge is 0.246 e. The van der Waals surface area contributed by atoms with Crippen molar-refractivity contribution >= 4 is 29.1 Å². The molecule has 196 valence electrons. The zero-order valence-corrected chi connectivity index (χ0v) is 23.5. The van der Waals surface area contributed by atoms with E-state index < -0.39 is 0 Å². The van der Waals surface area contributed by atoms with E-state index in [1.807, 2.05) is 23.8 Å². The van der Waals surface area contributed by atoms with Crippen molar-refractivity contribution in [2.45, 2.75) is 71.8 Å². The Balaban J connectivity index is 1.54. The lowest BCUT2D eigenvalue weighted by Gasteiger charge is -2.60. The minimum absolute atomic E-state index is 0.0309. The maximum absolute atomic E-state index is 14.1. The number of thiocarbonyl (C=S) groups is 1. The molecule has 2 amide bonds. The number of likely N-dealkylation sites (N-methyl/N-ethyl adjacent to an activating group) is 1. The number of nitrogens with zero attached hydrogens (tertiary/aromatic N) is 3. The summed E-state index contributed by atoms with van der Waals surface area (Å²) in [6, 6.07) is 0.300. The highest BCUT2D eigenvalue weighted by Gasteiger charge is 2.61. The van der Waals surface area contributed by atoms with Crippen molar-refractivity contribution in [3.63, 3.8) is 0 Å². The number of rotatable bonds is 6. The summed E-state index contributed by atoms with van der Waals surface area (Å²) in [4.78, 5) is 32.4. The van der Waals surface area contributed by atoms with Gasteiger partial charge in [-0.05, 0) is 114 Å². The molecule has 4 rings (SSSR count). The molecule has 0 aromatic rings. The van der Waals surface area contributed by atoms with Crippen LogP contribution in [0.25, 0.3) is 0 Å². The van der Waals surface area contributed by atoms with Crippen molar-refractivity contribution in [1.29, 1.82) is 0 Å². The fraction of sp³-hybridized carbons (Fsp3) is 0.821.